The maximum atomic E-state index is 13.1. The summed E-state index contributed by atoms with van der Waals surface area (Å²) in [6.45, 7) is 3.62. The molecule has 4 rings (SSSR count). The van der Waals surface area contributed by atoms with Crippen LogP contribution in [0.3, 0.4) is 0 Å². The predicted octanol–water partition coefficient (Wildman–Crippen LogP) is 2.79. The van der Waals surface area contributed by atoms with Gasteiger partial charge >= 0.3 is 6.18 Å². The van der Waals surface area contributed by atoms with Crippen LogP contribution in [0.1, 0.15) is 17.5 Å². The fourth-order valence-electron chi connectivity index (χ4n) is 4.26. The molecule has 2 aliphatic rings. The van der Waals surface area contributed by atoms with Gasteiger partial charge in [0.15, 0.2) is 0 Å². The van der Waals surface area contributed by atoms with E-state index in [2.05, 4.69) is 5.10 Å². The zero-order chi connectivity index (χ0) is 26.6. The fourth-order valence-corrected chi connectivity index (χ4v) is 4.38. The fraction of sp³-hybridized carbons (Fsp3) is 0.542. The van der Waals surface area contributed by atoms with Crippen molar-refractivity contribution in [1.29, 1.82) is 0 Å². The van der Waals surface area contributed by atoms with E-state index in [9.17, 15) is 22.8 Å². The third-order valence-electron chi connectivity index (χ3n) is 6.33. The highest BCUT2D eigenvalue weighted by molar-refractivity contribution is 6.31. The van der Waals surface area contributed by atoms with E-state index in [0.717, 1.165) is 16.4 Å². The molecule has 0 aliphatic carbocycles. The second-order valence-electron chi connectivity index (χ2n) is 9.14. The van der Waals surface area contributed by atoms with Gasteiger partial charge in [-0.1, -0.05) is 11.6 Å². The summed E-state index contributed by atoms with van der Waals surface area (Å²) < 4.78 is 57.1. The largest absolute Gasteiger partial charge is 0.490 e. The topological polar surface area (TPSA) is 86.1 Å². The highest BCUT2D eigenvalue weighted by atomic mass is 35.5. The lowest BCUT2D eigenvalue weighted by Crippen LogP contribution is -2.59. The van der Waals surface area contributed by atoms with E-state index in [0.29, 0.717) is 43.3 Å². The molecular formula is C24H28ClF3N4O5. The monoisotopic (exact) mass is 544 g/mol. The molecule has 2 aromatic rings. The molecule has 13 heteroatoms. The molecule has 0 saturated carbocycles. The second-order valence-corrected chi connectivity index (χ2v) is 9.55. The molecule has 202 valence electrons. The van der Waals surface area contributed by atoms with Gasteiger partial charge in [0.05, 0.1) is 44.5 Å². The quantitative estimate of drug-likeness (QED) is 0.533. The standard InChI is InChI=1S/C24H28ClF3N4O5/c1-17-10-19(2-3-20(17)25)36-16-23(11-21(33)30-4-7-35-8-5-30)15-31(6-9-37-23)22(34)14-32-13-18(12-29-32)24(26,27)28/h2-3,10,12-13H,4-9,11,14-16H2,1H3/t23-/m0/s1. The third-order valence-corrected chi connectivity index (χ3v) is 6.75. The molecule has 2 fully saturated rings. The molecule has 1 aromatic heterocycles. The van der Waals surface area contributed by atoms with Crippen molar-refractivity contribution >= 4 is 23.4 Å². The van der Waals surface area contributed by atoms with Crippen LogP contribution in [0.15, 0.2) is 30.6 Å². The smallest absolute Gasteiger partial charge is 0.419 e. The SMILES string of the molecule is Cc1cc(OC[C@]2(CC(=O)N3CCOCC3)CN(C(=O)Cn3cc(C(F)(F)F)cn3)CCO2)ccc1Cl. The Hall–Kier alpha value is -2.83. The number of aromatic nitrogens is 2. The van der Waals surface area contributed by atoms with Gasteiger partial charge in [-0.05, 0) is 30.7 Å². The summed E-state index contributed by atoms with van der Waals surface area (Å²) >= 11 is 6.10. The van der Waals surface area contributed by atoms with Crippen molar-refractivity contribution in [3.8, 4) is 5.75 Å². The molecule has 0 spiro atoms. The number of rotatable bonds is 7. The van der Waals surface area contributed by atoms with Crippen LogP contribution in [-0.2, 0) is 31.8 Å². The average molecular weight is 545 g/mol. The number of alkyl halides is 3. The lowest BCUT2D eigenvalue weighted by Gasteiger charge is -2.43. The van der Waals surface area contributed by atoms with Crippen molar-refractivity contribution in [3.05, 3.63) is 46.7 Å². The van der Waals surface area contributed by atoms with Crippen LogP contribution < -0.4 is 4.74 Å². The summed E-state index contributed by atoms with van der Waals surface area (Å²) in [6, 6.07) is 5.17. The van der Waals surface area contributed by atoms with Gasteiger partial charge in [-0.15, -0.1) is 0 Å². The third kappa shape index (κ3) is 6.93. The Morgan fingerprint density at radius 2 is 1.86 bits per heavy atom. The number of aryl methyl sites for hydroxylation is 1. The number of carbonyl (C=O) groups is 2. The van der Waals surface area contributed by atoms with Crippen LogP contribution in [0.25, 0.3) is 0 Å². The molecule has 1 atom stereocenters. The van der Waals surface area contributed by atoms with Crippen molar-refractivity contribution in [1.82, 2.24) is 19.6 Å². The minimum atomic E-state index is -4.55. The Labute approximate surface area is 217 Å². The average Bonchev–Trinajstić information content (AvgIpc) is 3.35. The normalized spacial score (nSPS) is 20.7. The summed E-state index contributed by atoms with van der Waals surface area (Å²) in [4.78, 5) is 29.3. The highest BCUT2D eigenvalue weighted by Gasteiger charge is 2.42. The molecule has 2 saturated heterocycles. The second kappa shape index (κ2) is 11.3. The number of amides is 2. The maximum Gasteiger partial charge on any atom is 0.419 e. The van der Waals surface area contributed by atoms with Crippen LogP contribution in [-0.4, -0.2) is 89.6 Å². The molecule has 37 heavy (non-hydrogen) atoms. The van der Waals surface area contributed by atoms with Crippen molar-refractivity contribution in [2.45, 2.75) is 31.7 Å². The number of hydrogen-bond donors (Lipinski definition) is 0. The van der Waals surface area contributed by atoms with E-state index < -0.39 is 23.2 Å². The number of hydrogen-bond acceptors (Lipinski definition) is 6. The van der Waals surface area contributed by atoms with Gasteiger partial charge in [-0.3, -0.25) is 14.3 Å². The number of benzene rings is 1. The summed E-state index contributed by atoms with van der Waals surface area (Å²) in [6.07, 6.45) is -3.12. The zero-order valence-corrected chi connectivity index (χ0v) is 21.1. The van der Waals surface area contributed by atoms with Gasteiger partial charge in [0.1, 0.15) is 24.5 Å². The van der Waals surface area contributed by atoms with Crippen LogP contribution in [0.5, 0.6) is 5.75 Å². The molecule has 9 nitrogen and oxygen atoms in total. The predicted molar refractivity (Wildman–Crippen MR) is 126 cm³/mol. The Kier molecular flexibility index (Phi) is 8.29. The molecule has 0 unspecified atom stereocenters. The van der Waals surface area contributed by atoms with E-state index >= 15 is 0 Å². The highest BCUT2D eigenvalue weighted by Crippen LogP contribution is 2.29. The van der Waals surface area contributed by atoms with Gasteiger partial charge < -0.3 is 24.0 Å². The van der Waals surface area contributed by atoms with Crippen LogP contribution in [0, 0.1) is 6.92 Å². The van der Waals surface area contributed by atoms with Crippen LogP contribution in [0.2, 0.25) is 5.02 Å². The van der Waals surface area contributed by atoms with E-state index in [1.165, 1.54) is 4.90 Å². The van der Waals surface area contributed by atoms with E-state index in [-0.39, 0.29) is 45.2 Å². The molecule has 1 aromatic carbocycles. The summed E-state index contributed by atoms with van der Waals surface area (Å²) in [5.74, 6) is -0.0654. The molecule has 2 amide bonds. The Bertz CT molecular complexity index is 1120. The molecular weight excluding hydrogens is 517 g/mol. The van der Waals surface area contributed by atoms with Crippen molar-refractivity contribution in [3.63, 3.8) is 0 Å². The van der Waals surface area contributed by atoms with Gasteiger partial charge in [-0.2, -0.15) is 18.3 Å². The first-order chi connectivity index (χ1) is 17.5. The van der Waals surface area contributed by atoms with Crippen molar-refractivity contribution < 1.29 is 37.0 Å². The first-order valence-corrected chi connectivity index (χ1v) is 12.2. The van der Waals surface area contributed by atoms with Gasteiger partial charge in [0, 0.05) is 30.9 Å². The Balaban J connectivity index is 1.49. The number of ether oxygens (including phenoxy) is 3. The van der Waals surface area contributed by atoms with E-state index in [1.54, 1.807) is 23.1 Å². The van der Waals surface area contributed by atoms with Gasteiger partial charge in [-0.25, -0.2) is 0 Å². The Morgan fingerprint density at radius 3 is 2.54 bits per heavy atom. The molecule has 0 bridgehead atoms. The maximum absolute atomic E-state index is 13.1. The molecule has 0 radical (unpaired) electrons. The van der Waals surface area contributed by atoms with E-state index in [4.69, 9.17) is 25.8 Å². The number of halogens is 4. The van der Waals surface area contributed by atoms with Crippen molar-refractivity contribution in [2.24, 2.45) is 0 Å². The first-order valence-electron chi connectivity index (χ1n) is 11.8. The Morgan fingerprint density at radius 1 is 1.14 bits per heavy atom. The van der Waals surface area contributed by atoms with Crippen molar-refractivity contribution in [2.75, 3.05) is 52.6 Å². The minimum Gasteiger partial charge on any atom is -0.490 e. The summed E-state index contributed by atoms with van der Waals surface area (Å²) in [5.41, 5.74) is -1.27. The van der Waals surface area contributed by atoms with Gasteiger partial charge in [0.25, 0.3) is 0 Å². The minimum absolute atomic E-state index is 0.0199. The number of carbonyl (C=O) groups excluding carboxylic acids is 2. The van der Waals surface area contributed by atoms with Gasteiger partial charge in [0.2, 0.25) is 11.8 Å². The van der Waals surface area contributed by atoms with Crippen LogP contribution in [0.4, 0.5) is 13.2 Å². The van der Waals surface area contributed by atoms with Crippen LogP contribution >= 0.6 is 11.6 Å². The summed E-state index contributed by atoms with van der Waals surface area (Å²) in [7, 11) is 0. The first kappa shape index (κ1) is 27.2. The van der Waals surface area contributed by atoms with E-state index in [1.807, 2.05) is 6.92 Å². The molecule has 0 N–H and O–H groups in total. The zero-order valence-electron chi connectivity index (χ0n) is 20.3. The number of morpholine rings is 2. The molecule has 2 aliphatic heterocycles. The lowest BCUT2D eigenvalue weighted by atomic mass is 9.96. The lowest BCUT2D eigenvalue weighted by molar-refractivity contribution is -0.167. The molecule has 3 heterocycles. The summed E-state index contributed by atoms with van der Waals surface area (Å²) in [5, 5.41) is 4.25. The number of nitrogens with zero attached hydrogens (tertiary/aromatic N) is 4.